The molecule has 84 valence electrons. The van der Waals surface area contributed by atoms with Gasteiger partial charge in [-0.2, -0.15) is 4.37 Å². The molecular weight excluding hydrogens is 308 g/mol. The van der Waals surface area contributed by atoms with E-state index in [0.29, 0.717) is 0 Å². The first-order valence-corrected chi connectivity index (χ1v) is 7.07. The van der Waals surface area contributed by atoms with E-state index < -0.39 is 0 Å². The summed E-state index contributed by atoms with van der Waals surface area (Å²) in [6.07, 6.45) is 0.865. The molecule has 0 aromatic carbocycles. The van der Waals surface area contributed by atoms with Gasteiger partial charge in [0.25, 0.3) is 0 Å². The van der Waals surface area contributed by atoms with Crippen LogP contribution >= 0.6 is 39.2 Å². The van der Waals surface area contributed by atoms with Crippen LogP contribution in [0.3, 0.4) is 0 Å². The van der Waals surface area contributed by atoms with E-state index in [1.165, 1.54) is 23.3 Å². The maximum atomic E-state index is 4.38. The predicted octanol–water partition coefficient (Wildman–Crippen LogP) is 3.11. The van der Waals surface area contributed by atoms with E-state index in [9.17, 15) is 0 Å². The van der Waals surface area contributed by atoms with Crippen molar-refractivity contribution in [2.45, 2.75) is 29.6 Å². The normalized spacial score (nSPS) is 10.7. The van der Waals surface area contributed by atoms with Gasteiger partial charge in [0.1, 0.15) is 21.3 Å². The van der Waals surface area contributed by atoms with Crippen LogP contribution in [0.4, 0.5) is 0 Å². The maximum absolute atomic E-state index is 4.38. The number of rotatable bonds is 3. The molecule has 0 aliphatic heterocycles. The smallest absolute Gasteiger partial charge is 0.176 e. The van der Waals surface area contributed by atoms with Gasteiger partial charge in [0.15, 0.2) is 4.34 Å². The molecular formula is C9H9BrN4S2. The van der Waals surface area contributed by atoms with E-state index >= 15 is 0 Å². The molecule has 7 heteroatoms. The van der Waals surface area contributed by atoms with Crippen molar-refractivity contribution in [1.82, 2.24) is 19.3 Å². The van der Waals surface area contributed by atoms with E-state index in [1.807, 2.05) is 19.9 Å². The summed E-state index contributed by atoms with van der Waals surface area (Å²) in [5, 5.41) is 0.887. The highest BCUT2D eigenvalue weighted by Crippen LogP contribution is 2.28. The van der Waals surface area contributed by atoms with Crippen molar-refractivity contribution in [1.29, 1.82) is 0 Å². The molecule has 2 rings (SSSR count). The number of hydrogen-bond donors (Lipinski definition) is 0. The van der Waals surface area contributed by atoms with Crippen molar-refractivity contribution in [3.63, 3.8) is 0 Å². The molecule has 0 aliphatic rings. The zero-order chi connectivity index (χ0) is 11.5. The summed E-state index contributed by atoms with van der Waals surface area (Å²) < 4.78 is 5.94. The highest BCUT2D eigenvalue weighted by molar-refractivity contribution is 9.10. The third kappa shape index (κ3) is 2.99. The number of hydrogen-bond acceptors (Lipinski definition) is 6. The van der Waals surface area contributed by atoms with Crippen LogP contribution in [0.15, 0.2) is 20.0 Å². The van der Waals surface area contributed by atoms with Gasteiger partial charge in [-0.1, -0.05) is 6.92 Å². The SMILES string of the molecule is CCc1nsc(Sc2cc(Br)nc(C)n2)n1. The van der Waals surface area contributed by atoms with Gasteiger partial charge >= 0.3 is 0 Å². The average molecular weight is 317 g/mol. The highest BCUT2D eigenvalue weighted by atomic mass is 79.9. The third-order valence-corrected chi connectivity index (χ3v) is 3.85. The molecule has 0 spiro atoms. The Morgan fingerprint density at radius 3 is 2.81 bits per heavy atom. The lowest BCUT2D eigenvalue weighted by molar-refractivity contribution is 0.944. The Bertz CT molecular complexity index is 480. The fourth-order valence-electron chi connectivity index (χ4n) is 1.07. The molecule has 0 amide bonds. The summed E-state index contributed by atoms with van der Waals surface area (Å²) in [6.45, 7) is 3.91. The number of halogens is 1. The molecule has 0 radical (unpaired) electrons. The molecule has 2 aromatic rings. The standard InChI is InChI=1S/C9H9BrN4S2/c1-3-7-13-9(16-14-7)15-8-4-6(10)11-5(2)12-8/h4H,3H2,1-2H3. The molecule has 2 heterocycles. The summed E-state index contributed by atoms with van der Waals surface area (Å²) in [6, 6.07) is 1.88. The van der Waals surface area contributed by atoms with E-state index in [0.717, 1.165) is 32.0 Å². The Morgan fingerprint density at radius 1 is 1.38 bits per heavy atom. The summed E-state index contributed by atoms with van der Waals surface area (Å²) >= 11 is 6.27. The summed E-state index contributed by atoms with van der Waals surface area (Å²) in [7, 11) is 0. The molecule has 2 aromatic heterocycles. The van der Waals surface area contributed by atoms with Crippen LogP contribution < -0.4 is 0 Å². The lowest BCUT2D eigenvalue weighted by Gasteiger charge is -1.98. The largest absolute Gasteiger partial charge is 0.226 e. The monoisotopic (exact) mass is 316 g/mol. The van der Waals surface area contributed by atoms with Crippen molar-refractivity contribution in [3.8, 4) is 0 Å². The second kappa shape index (κ2) is 5.20. The molecule has 16 heavy (non-hydrogen) atoms. The molecule has 0 saturated carbocycles. The van der Waals surface area contributed by atoms with Gasteiger partial charge in [-0.25, -0.2) is 15.0 Å². The first-order valence-electron chi connectivity index (χ1n) is 4.69. The first kappa shape index (κ1) is 11.9. The Kier molecular flexibility index (Phi) is 3.88. The number of aromatic nitrogens is 4. The summed E-state index contributed by atoms with van der Waals surface area (Å²) in [5.41, 5.74) is 0. The molecule has 4 nitrogen and oxygen atoms in total. The highest BCUT2D eigenvalue weighted by Gasteiger charge is 2.07. The minimum atomic E-state index is 0.747. The van der Waals surface area contributed by atoms with Crippen molar-refractivity contribution >= 4 is 39.2 Å². The fraction of sp³-hybridized carbons (Fsp3) is 0.333. The minimum absolute atomic E-state index is 0.747. The Hall–Kier alpha value is -0.530. The van der Waals surface area contributed by atoms with Crippen LogP contribution in [0.1, 0.15) is 18.6 Å². The van der Waals surface area contributed by atoms with Gasteiger partial charge in [-0.05, 0) is 46.1 Å². The van der Waals surface area contributed by atoms with Crippen molar-refractivity contribution in [2.24, 2.45) is 0 Å². The van der Waals surface area contributed by atoms with Gasteiger partial charge in [0.2, 0.25) is 0 Å². The minimum Gasteiger partial charge on any atom is -0.226 e. The van der Waals surface area contributed by atoms with Gasteiger partial charge in [-0.15, -0.1) is 0 Å². The van der Waals surface area contributed by atoms with E-state index in [2.05, 4.69) is 35.3 Å². The molecule has 0 atom stereocenters. The van der Waals surface area contributed by atoms with Crippen LogP contribution in [0.2, 0.25) is 0 Å². The zero-order valence-corrected chi connectivity index (χ0v) is 12.0. The topological polar surface area (TPSA) is 51.6 Å². The summed E-state index contributed by atoms with van der Waals surface area (Å²) in [5.74, 6) is 1.63. The van der Waals surface area contributed by atoms with Gasteiger partial charge < -0.3 is 0 Å². The van der Waals surface area contributed by atoms with Crippen LogP contribution in [-0.4, -0.2) is 19.3 Å². The summed E-state index contributed by atoms with van der Waals surface area (Å²) in [4.78, 5) is 12.9. The Labute approximate surface area is 110 Å². The van der Waals surface area contributed by atoms with Gasteiger partial charge in [0, 0.05) is 12.5 Å². The number of nitrogens with zero attached hydrogens (tertiary/aromatic N) is 4. The zero-order valence-electron chi connectivity index (χ0n) is 8.77. The molecule has 0 bridgehead atoms. The van der Waals surface area contributed by atoms with Gasteiger partial charge in [-0.3, -0.25) is 0 Å². The van der Waals surface area contributed by atoms with Crippen molar-refractivity contribution < 1.29 is 0 Å². The van der Waals surface area contributed by atoms with E-state index in [-0.39, 0.29) is 0 Å². The van der Waals surface area contributed by atoms with Crippen LogP contribution in [-0.2, 0) is 6.42 Å². The van der Waals surface area contributed by atoms with Crippen LogP contribution in [0.5, 0.6) is 0 Å². The average Bonchev–Trinajstić information content (AvgIpc) is 2.64. The van der Waals surface area contributed by atoms with Crippen molar-refractivity contribution in [3.05, 3.63) is 22.3 Å². The molecule has 0 saturated heterocycles. The van der Waals surface area contributed by atoms with Gasteiger partial charge in [0.05, 0.1) is 0 Å². The molecule has 0 aliphatic carbocycles. The third-order valence-electron chi connectivity index (χ3n) is 1.74. The molecule has 0 unspecified atom stereocenters. The molecule has 0 N–H and O–H groups in total. The number of aryl methyl sites for hydroxylation is 2. The lowest BCUT2D eigenvalue weighted by Crippen LogP contribution is -1.90. The second-order valence-electron chi connectivity index (χ2n) is 3.01. The first-order chi connectivity index (χ1) is 7.67. The van der Waals surface area contributed by atoms with E-state index in [4.69, 9.17) is 0 Å². The maximum Gasteiger partial charge on any atom is 0.176 e. The van der Waals surface area contributed by atoms with E-state index in [1.54, 1.807) is 0 Å². The second-order valence-corrected chi connectivity index (χ2v) is 5.84. The Morgan fingerprint density at radius 2 is 2.19 bits per heavy atom. The molecule has 0 fully saturated rings. The van der Waals surface area contributed by atoms with Crippen molar-refractivity contribution in [2.75, 3.05) is 0 Å². The van der Waals surface area contributed by atoms with Crippen LogP contribution in [0, 0.1) is 6.92 Å². The predicted molar refractivity (Wildman–Crippen MR) is 67.9 cm³/mol. The fourth-order valence-corrected chi connectivity index (χ4v) is 3.39. The lowest BCUT2D eigenvalue weighted by atomic mass is 10.5. The quantitative estimate of drug-likeness (QED) is 0.814. The van der Waals surface area contributed by atoms with Crippen LogP contribution in [0.25, 0.3) is 0 Å². The Balaban J connectivity index is 2.19.